The van der Waals surface area contributed by atoms with Crippen molar-refractivity contribution in [3.05, 3.63) is 46.5 Å². The van der Waals surface area contributed by atoms with Crippen molar-refractivity contribution in [1.29, 1.82) is 0 Å². The van der Waals surface area contributed by atoms with Gasteiger partial charge in [-0.2, -0.15) is 13.2 Å². The minimum Gasteiger partial charge on any atom is -0.300 e. The molecule has 1 aromatic carbocycles. The largest absolute Gasteiger partial charge is 0.416 e. The van der Waals surface area contributed by atoms with Crippen LogP contribution >= 0.6 is 35.3 Å². The maximum Gasteiger partial charge on any atom is 0.416 e. The van der Waals surface area contributed by atoms with Crippen LogP contribution in [0.3, 0.4) is 0 Å². The lowest BCUT2D eigenvalue weighted by atomic mass is 10.1. The Bertz CT molecular complexity index is 930. The van der Waals surface area contributed by atoms with Crippen molar-refractivity contribution in [2.45, 2.75) is 24.8 Å². The van der Waals surface area contributed by atoms with Crippen molar-refractivity contribution in [1.82, 2.24) is 9.88 Å². The zero-order valence-corrected chi connectivity index (χ0v) is 16.9. The first-order valence-electron chi connectivity index (χ1n) is 8.06. The fourth-order valence-electron chi connectivity index (χ4n) is 2.53. The average molecular weight is 446 g/mol. The van der Waals surface area contributed by atoms with Crippen LogP contribution in [-0.4, -0.2) is 37.8 Å². The number of benzene rings is 1. The maximum atomic E-state index is 12.8. The number of anilines is 1. The smallest absolute Gasteiger partial charge is 0.300 e. The van der Waals surface area contributed by atoms with Crippen molar-refractivity contribution in [2.75, 3.05) is 11.9 Å². The Morgan fingerprint density at radius 3 is 2.79 bits per heavy atom. The number of alkyl halides is 3. The standard InChI is InChI=1S/C17H14F3N3O2S3/c1-9-14(25)23(16(26)27-9)8-13(24)22-15-21-7-12(28-15)6-10-3-2-4-11(5-10)17(18,19)20/h2-5,7,9H,6,8H2,1H3,(H,21,22,24). The molecule has 0 bridgehead atoms. The zero-order valence-electron chi connectivity index (χ0n) is 14.4. The van der Waals surface area contributed by atoms with E-state index in [-0.39, 0.29) is 24.1 Å². The molecular formula is C17H14F3N3O2S3. The lowest BCUT2D eigenvalue weighted by Gasteiger charge is -2.13. The highest BCUT2D eigenvalue weighted by Gasteiger charge is 2.35. The van der Waals surface area contributed by atoms with Crippen LogP contribution in [0.1, 0.15) is 22.9 Å². The molecule has 3 rings (SSSR count). The highest BCUT2D eigenvalue weighted by molar-refractivity contribution is 8.24. The van der Waals surface area contributed by atoms with E-state index < -0.39 is 17.6 Å². The summed E-state index contributed by atoms with van der Waals surface area (Å²) in [6.07, 6.45) is -2.63. The monoisotopic (exact) mass is 445 g/mol. The quantitative estimate of drug-likeness (QED) is 0.707. The summed E-state index contributed by atoms with van der Waals surface area (Å²) < 4.78 is 38.8. The Kier molecular flexibility index (Phi) is 6.06. The molecule has 2 aromatic rings. The Morgan fingerprint density at radius 1 is 1.39 bits per heavy atom. The summed E-state index contributed by atoms with van der Waals surface area (Å²) >= 11 is 7.48. The number of thiocarbonyl (C=S) groups is 1. The molecule has 5 nitrogen and oxygen atoms in total. The molecule has 1 atom stereocenters. The van der Waals surface area contributed by atoms with Crippen LogP contribution in [-0.2, 0) is 22.2 Å². The molecule has 1 aliphatic rings. The van der Waals surface area contributed by atoms with Gasteiger partial charge in [0.15, 0.2) is 5.13 Å². The number of amides is 2. The molecule has 0 aliphatic carbocycles. The van der Waals surface area contributed by atoms with Gasteiger partial charge in [-0.3, -0.25) is 14.5 Å². The molecule has 11 heteroatoms. The molecule has 0 radical (unpaired) electrons. The van der Waals surface area contributed by atoms with Crippen molar-refractivity contribution in [3.8, 4) is 0 Å². The zero-order chi connectivity index (χ0) is 20.5. The highest BCUT2D eigenvalue weighted by atomic mass is 32.2. The van der Waals surface area contributed by atoms with Crippen molar-refractivity contribution in [3.63, 3.8) is 0 Å². The van der Waals surface area contributed by atoms with Crippen LogP contribution in [0.2, 0.25) is 0 Å². The molecule has 28 heavy (non-hydrogen) atoms. The molecule has 1 saturated heterocycles. The van der Waals surface area contributed by atoms with Gasteiger partial charge in [-0.05, 0) is 18.6 Å². The molecule has 0 saturated carbocycles. The van der Waals surface area contributed by atoms with E-state index in [1.54, 1.807) is 13.0 Å². The number of nitrogens with one attached hydrogen (secondary N) is 1. The number of halogens is 3. The van der Waals surface area contributed by atoms with Gasteiger partial charge in [0, 0.05) is 17.5 Å². The maximum absolute atomic E-state index is 12.8. The number of hydrogen-bond acceptors (Lipinski definition) is 6. The van der Waals surface area contributed by atoms with Crippen molar-refractivity contribution < 1.29 is 22.8 Å². The SMILES string of the molecule is CC1SC(=S)N(CC(=O)Nc2ncc(Cc3cccc(C(F)(F)F)c3)s2)C1=O. The van der Waals surface area contributed by atoms with E-state index >= 15 is 0 Å². The number of carbonyl (C=O) groups is 2. The van der Waals surface area contributed by atoms with Crippen molar-refractivity contribution in [2.24, 2.45) is 0 Å². The van der Waals surface area contributed by atoms with E-state index in [1.165, 1.54) is 28.9 Å². The van der Waals surface area contributed by atoms with Gasteiger partial charge in [-0.1, -0.05) is 42.2 Å². The second kappa shape index (κ2) is 8.18. The van der Waals surface area contributed by atoms with E-state index in [0.29, 0.717) is 19.9 Å². The van der Waals surface area contributed by atoms with Gasteiger partial charge in [0.2, 0.25) is 11.8 Å². The third-order valence-electron chi connectivity index (χ3n) is 3.85. The first kappa shape index (κ1) is 20.7. The van der Waals surface area contributed by atoms with Crippen LogP contribution in [0.15, 0.2) is 30.5 Å². The minimum atomic E-state index is -4.40. The minimum absolute atomic E-state index is 0.197. The van der Waals surface area contributed by atoms with E-state index in [0.717, 1.165) is 23.5 Å². The van der Waals surface area contributed by atoms with Crippen LogP contribution in [0.4, 0.5) is 18.3 Å². The number of thioether (sulfide) groups is 1. The molecule has 0 spiro atoms. The first-order chi connectivity index (χ1) is 13.1. The lowest BCUT2D eigenvalue weighted by molar-refractivity contribution is -0.137. The first-order valence-corrected chi connectivity index (χ1v) is 10.2. The fraction of sp³-hybridized carbons (Fsp3) is 0.294. The van der Waals surface area contributed by atoms with Gasteiger partial charge in [-0.15, -0.1) is 11.3 Å². The fourth-order valence-corrected chi connectivity index (χ4v) is 4.79. The molecule has 148 valence electrons. The van der Waals surface area contributed by atoms with E-state index in [1.807, 2.05) is 0 Å². The Morgan fingerprint density at radius 2 is 2.14 bits per heavy atom. The second-order valence-electron chi connectivity index (χ2n) is 6.01. The van der Waals surface area contributed by atoms with Crippen LogP contribution in [0, 0.1) is 0 Å². The number of nitrogens with zero attached hydrogens (tertiary/aromatic N) is 2. The topological polar surface area (TPSA) is 62.3 Å². The predicted octanol–water partition coefficient (Wildman–Crippen LogP) is 3.94. The third-order valence-corrected chi connectivity index (χ3v) is 6.25. The normalized spacial score (nSPS) is 17.3. The molecule has 1 unspecified atom stereocenters. The molecule has 1 fully saturated rings. The molecule has 1 aromatic heterocycles. The Balaban J connectivity index is 1.61. The van der Waals surface area contributed by atoms with E-state index in [2.05, 4.69) is 10.3 Å². The number of aromatic nitrogens is 1. The summed E-state index contributed by atoms with van der Waals surface area (Å²) in [6.45, 7) is 1.52. The van der Waals surface area contributed by atoms with Gasteiger partial charge in [0.25, 0.3) is 0 Å². The second-order valence-corrected chi connectivity index (χ2v) is 9.10. The number of carbonyl (C=O) groups excluding carboxylic acids is 2. The summed E-state index contributed by atoms with van der Waals surface area (Å²) in [5.41, 5.74) is -0.211. The summed E-state index contributed by atoms with van der Waals surface area (Å²) in [6, 6.07) is 5.07. The molecular weight excluding hydrogens is 431 g/mol. The summed E-state index contributed by atoms with van der Waals surface area (Å²) in [5.74, 6) is -0.653. The third kappa shape index (κ3) is 4.89. The van der Waals surface area contributed by atoms with Gasteiger partial charge < -0.3 is 5.32 Å². The highest BCUT2D eigenvalue weighted by Crippen LogP contribution is 2.31. The van der Waals surface area contributed by atoms with Gasteiger partial charge in [0.1, 0.15) is 10.9 Å². The summed E-state index contributed by atoms with van der Waals surface area (Å²) in [7, 11) is 0. The lowest BCUT2D eigenvalue weighted by Crippen LogP contribution is -2.37. The Hall–Kier alpha value is -1.98. The predicted molar refractivity (Wildman–Crippen MR) is 106 cm³/mol. The molecule has 1 N–H and O–H groups in total. The van der Waals surface area contributed by atoms with E-state index in [4.69, 9.17) is 12.2 Å². The summed E-state index contributed by atoms with van der Waals surface area (Å²) in [4.78, 5) is 30.1. The van der Waals surface area contributed by atoms with Gasteiger partial charge in [-0.25, -0.2) is 4.98 Å². The molecule has 2 amide bonds. The van der Waals surface area contributed by atoms with E-state index in [9.17, 15) is 22.8 Å². The van der Waals surface area contributed by atoms with Crippen LogP contribution in [0.5, 0.6) is 0 Å². The summed E-state index contributed by atoms with van der Waals surface area (Å²) in [5, 5.41) is 2.60. The van der Waals surface area contributed by atoms with Crippen molar-refractivity contribution >= 4 is 56.6 Å². The van der Waals surface area contributed by atoms with Gasteiger partial charge in [0.05, 0.1) is 10.8 Å². The number of hydrogen-bond donors (Lipinski definition) is 1. The van der Waals surface area contributed by atoms with Gasteiger partial charge >= 0.3 is 6.18 Å². The average Bonchev–Trinajstić information content (AvgIpc) is 3.13. The Labute approximate surface area is 172 Å². The van der Waals surface area contributed by atoms with Crippen LogP contribution in [0.25, 0.3) is 0 Å². The molecule has 2 heterocycles. The molecule has 1 aliphatic heterocycles. The number of thiazole rings is 1. The number of rotatable bonds is 5. The van der Waals surface area contributed by atoms with Crippen LogP contribution < -0.4 is 5.32 Å².